The number of likely N-dealkylation sites (tertiary alicyclic amines) is 1. The minimum atomic E-state index is -4.92. The van der Waals surface area contributed by atoms with Crippen LogP contribution in [0.5, 0.6) is 0 Å². The molecule has 1 aromatic heterocycles. The number of halogens is 6. The van der Waals surface area contributed by atoms with Gasteiger partial charge in [0.15, 0.2) is 11.4 Å². The molecule has 0 aliphatic carbocycles. The zero-order chi connectivity index (χ0) is 26.6. The number of rotatable bonds is 5. The second-order valence-corrected chi connectivity index (χ2v) is 9.82. The van der Waals surface area contributed by atoms with Crippen LogP contribution in [0, 0.1) is 18.6 Å². The smallest absolute Gasteiger partial charge is 0.545 e. The van der Waals surface area contributed by atoms with Crippen LogP contribution in [0.15, 0.2) is 40.1 Å². The molecule has 0 spiro atoms. The van der Waals surface area contributed by atoms with Crippen LogP contribution in [-0.2, 0) is 11.3 Å². The first-order chi connectivity index (χ1) is 16.7. The molecule has 192 valence electrons. The summed E-state index contributed by atoms with van der Waals surface area (Å²) in [5.41, 5.74) is -3.56. The molecule has 3 aromatic rings. The van der Waals surface area contributed by atoms with E-state index in [0.29, 0.717) is 0 Å². The zero-order valence-electron chi connectivity index (χ0n) is 19.5. The Morgan fingerprint density at radius 3 is 2.46 bits per heavy atom. The van der Waals surface area contributed by atoms with Gasteiger partial charge in [-0.15, -0.1) is 0 Å². The molecule has 0 bridgehead atoms. The number of benzene rings is 2. The molecular weight excluding hydrogens is 554 g/mol. The van der Waals surface area contributed by atoms with Gasteiger partial charge in [0.2, 0.25) is 5.91 Å². The Bertz CT molecular complexity index is 1400. The van der Waals surface area contributed by atoms with E-state index in [4.69, 9.17) is 11.6 Å². The van der Waals surface area contributed by atoms with Crippen molar-refractivity contribution in [3.05, 3.63) is 58.2 Å². The summed E-state index contributed by atoms with van der Waals surface area (Å²) in [6.45, 7) is -0.381. The van der Waals surface area contributed by atoms with Gasteiger partial charge >= 0.3 is 35.7 Å². The third kappa shape index (κ3) is 5.37. The number of nitrogens with zero attached hydrogens (tertiary/aromatic N) is 2. The molecule has 37 heavy (non-hydrogen) atoms. The summed E-state index contributed by atoms with van der Waals surface area (Å²) in [7, 11) is 0. The molecule has 4 rings (SSSR count). The van der Waals surface area contributed by atoms with E-state index in [1.807, 2.05) is 0 Å². The number of carbonyl (C=O) groups is 2. The molecule has 1 N–H and O–H groups in total. The van der Waals surface area contributed by atoms with E-state index in [-0.39, 0.29) is 67.5 Å². The number of carboxylic acids is 1. The number of β-amino-alcohol motifs (C(OH)–C–C–N with tert-alkyl or cyclic N) is 1. The van der Waals surface area contributed by atoms with Crippen LogP contribution in [-0.4, -0.2) is 51.3 Å². The average molecular weight is 571 g/mol. The number of hydrogen-bond donors (Lipinski definition) is 1. The molecular formula is C23H17ClF5N2NaO4S. The predicted molar refractivity (Wildman–Crippen MR) is 119 cm³/mol. The summed E-state index contributed by atoms with van der Waals surface area (Å²) < 4.78 is 70.6. The number of aliphatic hydroxyl groups is 1. The van der Waals surface area contributed by atoms with Crippen LogP contribution < -0.4 is 34.7 Å². The van der Waals surface area contributed by atoms with Gasteiger partial charge in [0.1, 0.15) is 12.4 Å². The summed E-state index contributed by atoms with van der Waals surface area (Å²) in [6, 6.07) is 6.35. The Morgan fingerprint density at radius 2 is 1.86 bits per heavy atom. The predicted octanol–water partition coefficient (Wildman–Crippen LogP) is 0.926. The SMILES string of the molecule is Cc1c(Sc2cccc(C(=O)[O-])c2F)c2ccc(Cl)c(F)c2n1CC(=O)N1CC[C@](O)(C(F)(F)F)C1.[Na+]. The summed E-state index contributed by atoms with van der Waals surface area (Å²) >= 11 is 6.72. The number of carbonyl (C=O) groups excluding carboxylic acids is 2. The van der Waals surface area contributed by atoms with Gasteiger partial charge in [-0.1, -0.05) is 35.5 Å². The van der Waals surface area contributed by atoms with Crippen LogP contribution in [0.4, 0.5) is 22.0 Å². The van der Waals surface area contributed by atoms with Gasteiger partial charge in [-0.05, 0) is 25.1 Å². The van der Waals surface area contributed by atoms with Crippen molar-refractivity contribution in [2.75, 3.05) is 13.1 Å². The van der Waals surface area contributed by atoms with Crippen molar-refractivity contribution < 1.29 is 71.3 Å². The van der Waals surface area contributed by atoms with Crippen LogP contribution in [0.3, 0.4) is 0 Å². The molecule has 2 aromatic carbocycles. The van der Waals surface area contributed by atoms with E-state index in [0.717, 1.165) is 22.7 Å². The maximum absolute atomic E-state index is 15.1. The topological polar surface area (TPSA) is 85.6 Å². The van der Waals surface area contributed by atoms with Crippen LogP contribution in [0.25, 0.3) is 10.9 Å². The molecule has 1 fully saturated rings. The average Bonchev–Trinajstić information content (AvgIpc) is 3.32. The number of carboxylic acid groups (broad SMARTS) is 1. The first kappa shape index (κ1) is 29.7. The Balaban J connectivity index is 0.00000380. The summed E-state index contributed by atoms with van der Waals surface area (Å²) in [5, 5.41) is 21.0. The standard InChI is InChI=1S/C23H18ClF5N2O4S.Na/c1-11-20(36-15-4-2-3-12(17(15)25)21(33)34)13-5-6-14(24)18(26)19(13)31(11)9-16(32)30-8-7-22(35,10-30)23(27,28)29;/h2-6,35H,7-10H2,1H3,(H,33,34);/q;+1/p-1/t22-;/m1./s1. The van der Waals surface area contributed by atoms with Gasteiger partial charge in [-0.2, -0.15) is 13.2 Å². The zero-order valence-corrected chi connectivity index (χ0v) is 23.0. The number of amides is 1. The second kappa shape index (κ2) is 10.7. The Hall–Kier alpha value is -1.83. The fourth-order valence-corrected chi connectivity index (χ4v) is 5.38. The van der Waals surface area contributed by atoms with Gasteiger partial charge in [0.25, 0.3) is 0 Å². The molecule has 0 unspecified atom stereocenters. The van der Waals surface area contributed by atoms with E-state index < -0.39 is 60.4 Å². The summed E-state index contributed by atoms with van der Waals surface area (Å²) in [6.07, 6.45) is -5.62. The van der Waals surface area contributed by atoms with Gasteiger partial charge < -0.3 is 24.5 Å². The minimum Gasteiger partial charge on any atom is -0.545 e. The molecule has 1 aliphatic heterocycles. The van der Waals surface area contributed by atoms with Gasteiger partial charge in [0.05, 0.1) is 23.1 Å². The first-order valence-corrected chi connectivity index (χ1v) is 11.7. The van der Waals surface area contributed by atoms with Crippen molar-refractivity contribution in [1.29, 1.82) is 0 Å². The molecule has 2 heterocycles. The van der Waals surface area contributed by atoms with Crippen molar-refractivity contribution in [1.82, 2.24) is 9.47 Å². The third-order valence-corrected chi connectivity index (χ3v) is 7.68. The summed E-state index contributed by atoms with van der Waals surface area (Å²) in [4.78, 5) is 25.1. The Labute approximate surface area is 238 Å². The van der Waals surface area contributed by atoms with Crippen molar-refractivity contribution in [2.45, 2.75) is 41.5 Å². The van der Waals surface area contributed by atoms with E-state index in [9.17, 15) is 37.4 Å². The monoisotopic (exact) mass is 570 g/mol. The summed E-state index contributed by atoms with van der Waals surface area (Å²) in [5.74, 6) is -4.47. The van der Waals surface area contributed by atoms with Crippen LogP contribution >= 0.6 is 23.4 Å². The van der Waals surface area contributed by atoms with Crippen molar-refractivity contribution >= 4 is 46.1 Å². The minimum absolute atomic E-state index is 0. The van der Waals surface area contributed by atoms with Crippen molar-refractivity contribution in [2.24, 2.45) is 0 Å². The van der Waals surface area contributed by atoms with Crippen molar-refractivity contribution in [3.8, 4) is 0 Å². The fraction of sp³-hybridized carbons (Fsp3) is 0.304. The maximum atomic E-state index is 15.1. The second-order valence-electron chi connectivity index (χ2n) is 8.36. The normalized spacial score (nSPS) is 17.8. The number of alkyl halides is 3. The largest absolute Gasteiger partial charge is 1.00 e. The molecule has 6 nitrogen and oxygen atoms in total. The van der Waals surface area contributed by atoms with E-state index in [2.05, 4.69) is 0 Å². The molecule has 0 saturated carbocycles. The Kier molecular flexibility index (Phi) is 8.63. The molecule has 1 saturated heterocycles. The van der Waals surface area contributed by atoms with Crippen LogP contribution in [0.1, 0.15) is 22.5 Å². The van der Waals surface area contributed by atoms with E-state index in [1.165, 1.54) is 35.8 Å². The van der Waals surface area contributed by atoms with E-state index >= 15 is 4.39 Å². The Morgan fingerprint density at radius 1 is 1.19 bits per heavy atom. The maximum Gasteiger partial charge on any atom is 1.00 e. The molecule has 1 atom stereocenters. The van der Waals surface area contributed by atoms with Crippen LogP contribution in [0.2, 0.25) is 5.02 Å². The number of hydrogen-bond acceptors (Lipinski definition) is 5. The van der Waals surface area contributed by atoms with E-state index in [1.54, 1.807) is 0 Å². The number of aromatic nitrogens is 1. The van der Waals surface area contributed by atoms with Gasteiger partial charge in [0, 0.05) is 39.4 Å². The molecule has 1 amide bonds. The molecule has 14 heteroatoms. The fourth-order valence-electron chi connectivity index (χ4n) is 4.13. The molecule has 0 radical (unpaired) electrons. The van der Waals surface area contributed by atoms with Gasteiger partial charge in [-0.3, -0.25) is 4.79 Å². The first-order valence-electron chi connectivity index (χ1n) is 10.5. The molecule has 1 aliphatic rings. The number of fused-ring (bicyclic) bond motifs is 1. The quantitative estimate of drug-likeness (QED) is 0.364. The third-order valence-electron chi connectivity index (χ3n) is 6.13. The van der Waals surface area contributed by atoms with Gasteiger partial charge in [-0.25, -0.2) is 8.78 Å². The number of aromatic carboxylic acids is 1. The van der Waals surface area contributed by atoms with Crippen molar-refractivity contribution in [3.63, 3.8) is 0 Å².